The molecule has 4 rings (SSSR count). The Bertz CT molecular complexity index is 1250. The maximum Gasteiger partial charge on any atom is 0.328 e. The predicted octanol–water partition coefficient (Wildman–Crippen LogP) is 11.7. The standard InChI is InChI=1S/C49H83NO6/c1-8-10-11-12-13-14-15-16-17-21-45(51)50-44(26-27-46(52)55-34-33-54-32-9-2)47(53)56-39-28-30-48(6)38(35-39)22-23-40-42-25-24-41(37(5)20-18-19-36(3)4)49(42,7)31-29-43(40)48/h9,22-23,36-44H,2,8,10-21,24-35H2,1,3-7H3,(H,50,51). The smallest absolute Gasteiger partial charge is 0.328 e. The third-order valence-corrected chi connectivity index (χ3v) is 15.1. The Labute approximate surface area is 342 Å². The van der Waals surface area contributed by atoms with Gasteiger partial charge in [-0.3, -0.25) is 9.59 Å². The normalized spacial score (nSPS) is 30.5. The van der Waals surface area contributed by atoms with E-state index >= 15 is 0 Å². The van der Waals surface area contributed by atoms with E-state index < -0.39 is 18.0 Å². The predicted molar refractivity (Wildman–Crippen MR) is 228 cm³/mol. The van der Waals surface area contributed by atoms with Crippen LogP contribution in [0.4, 0.5) is 0 Å². The molecule has 0 heterocycles. The van der Waals surface area contributed by atoms with E-state index in [-0.39, 0.29) is 43.5 Å². The first kappa shape index (κ1) is 46.5. The van der Waals surface area contributed by atoms with Gasteiger partial charge in [-0.05, 0) is 110 Å². The van der Waals surface area contributed by atoms with Gasteiger partial charge in [0.05, 0.1) is 13.2 Å². The molecule has 4 aliphatic carbocycles. The van der Waals surface area contributed by atoms with E-state index in [0.29, 0.717) is 36.2 Å². The zero-order valence-electron chi connectivity index (χ0n) is 36.8. The van der Waals surface area contributed by atoms with Crippen molar-refractivity contribution in [2.24, 2.45) is 52.3 Å². The quantitative estimate of drug-likeness (QED) is 0.0534. The summed E-state index contributed by atoms with van der Waals surface area (Å²) in [5.41, 5.74) is 0.657. The summed E-state index contributed by atoms with van der Waals surface area (Å²) in [6.45, 7) is 19.1. The topological polar surface area (TPSA) is 90.9 Å². The summed E-state index contributed by atoms with van der Waals surface area (Å²) in [5, 5.41) is 2.95. The molecule has 3 fully saturated rings. The average Bonchev–Trinajstić information content (AvgIpc) is 3.53. The van der Waals surface area contributed by atoms with Crippen molar-refractivity contribution in [3.63, 3.8) is 0 Å². The molecular weight excluding hydrogens is 699 g/mol. The van der Waals surface area contributed by atoms with Crippen molar-refractivity contribution in [3.05, 3.63) is 24.8 Å². The van der Waals surface area contributed by atoms with E-state index in [1.165, 1.54) is 83.5 Å². The van der Waals surface area contributed by atoms with Gasteiger partial charge in [0, 0.05) is 12.8 Å². The van der Waals surface area contributed by atoms with Crippen LogP contribution in [-0.4, -0.2) is 49.8 Å². The van der Waals surface area contributed by atoms with Gasteiger partial charge in [-0.25, -0.2) is 4.79 Å². The largest absolute Gasteiger partial charge is 0.463 e. The molecule has 56 heavy (non-hydrogen) atoms. The van der Waals surface area contributed by atoms with E-state index in [9.17, 15) is 14.4 Å². The molecule has 4 aliphatic rings. The summed E-state index contributed by atoms with van der Waals surface area (Å²) in [6.07, 6.45) is 29.9. The van der Waals surface area contributed by atoms with Gasteiger partial charge >= 0.3 is 11.9 Å². The maximum atomic E-state index is 13.8. The van der Waals surface area contributed by atoms with E-state index in [1.54, 1.807) is 6.08 Å². The van der Waals surface area contributed by atoms with Crippen molar-refractivity contribution in [3.8, 4) is 0 Å². The number of hydrogen-bond donors (Lipinski definition) is 1. The molecule has 0 bridgehead atoms. The van der Waals surface area contributed by atoms with Crippen molar-refractivity contribution in [2.45, 2.75) is 195 Å². The van der Waals surface area contributed by atoms with Crippen LogP contribution in [0, 0.1) is 52.3 Å². The van der Waals surface area contributed by atoms with Crippen LogP contribution in [0.25, 0.3) is 0 Å². The molecule has 0 aromatic heterocycles. The van der Waals surface area contributed by atoms with Crippen LogP contribution in [0.15, 0.2) is 24.8 Å². The molecule has 320 valence electrons. The van der Waals surface area contributed by atoms with Gasteiger partial charge < -0.3 is 19.5 Å². The molecule has 0 aromatic carbocycles. The summed E-state index contributed by atoms with van der Waals surface area (Å²) in [4.78, 5) is 39.5. The van der Waals surface area contributed by atoms with E-state index in [4.69, 9.17) is 14.2 Å². The molecular formula is C49H83NO6. The number of fused-ring (bicyclic) bond motifs is 5. The number of ether oxygens (including phenoxy) is 3. The molecule has 7 nitrogen and oxygen atoms in total. The van der Waals surface area contributed by atoms with Crippen LogP contribution in [0.2, 0.25) is 0 Å². The fourth-order valence-electron chi connectivity index (χ4n) is 11.8. The number of nitrogens with one attached hydrogen (secondary N) is 1. The average molecular weight is 782 g/mol. The van der Waals surface area contributed by atoms with Crippen LogP contribution in [0.1, 0.15) is 183 Å². The second kappa shape index (κ2) is 23.4. The highest BCUT2D eigenvalue weighted by atomic mass is 16.6. The first-order chi connectivity index (χ1) is 26.9. The van der Waals surface area contributed by atoms with Gasteiger partial charge in [0.1, 0.15) is 18.8 Å². The molecule has 0 aliphatic heterocycles. The molecule has 1 amide bonds. The molecule has 1 N–H and O–H groups in total. The number of hydrogen-bond acceptors (Lipinski definition) is 6. The first-order valence-corrected chi connectivity index (χ1v) is 23.4. The Kier molecular flexibility index (Phi) is 19.5. The number of rotatable bonds is 26. The summed E-state index contributed by atoms with van der Waals surface area (Å²) in [7, 11) is 0. The second-order valence-corrected chi connectivity index (χ2v) is 19.5. The minimum Gasteiger partial charge on any atom is -0.463 e. The van der Waals surface area contributed by atoms with Gasteiger partial charge in [-0.2, -0.15) is 0 Å². The molecule has 7 heteroatoms. The van der Waals surface area contributed by atoms with Crippen LogP contribution >= 0.6 is 0 Å². The van der Waals surface area contributed by atoms with Crippen molar-refractivity contribution in [1.82, 2.24) is 5.32 Å². The molecule has 0 radical (unpaired) electrons. The Morgan fingerprint density at radius 3 is 2.21 bits per heavy atom. The highest BCUT2D eigenvalue weighted by molar-refractivity contribution is 5.85. The summed E-state index contributed by atoms with van der Waals surface area (Å²) in [6, 6.07) is -0.871. The number of esters is 2. The van der Waals surface area contributed by atoms with Crippen molar-refractivity contribution in [2.75, 3.05) is 19.8 Å². The van der Waals surface area contributed by atoms with Crippen LogP contribution in [-0.2, 0) is 28.6 Å². The fraction of sp³-hybridized carbons (Fsp3) is 0.857. The maximum absolute atomic E-state index is 13.8. The zero-order chi connectivity index (χ0) is 40.6. The van der Waals surface area contributed by atoms with E-state index in [2.05, 4.69) is 65.6 Å². The number of unbranched alkanes of at least 4 members (excludes halogenated alkanes) is 8. The van der Waals surface area contributed by atoms with Crippen LogP contribution in [0.5, 0.6) is 0 Å². The SMILES string of the molecule is C=CCOCCOC(=O)CCC(NC(=O)CCCCCCCCCCC)C(=O)OC1CCC2(C)C(C=CC3C2CCC2(C)C(C(C)CCCC(C)C)CCC32)C1. The second-order valence-electron chi connectivity index (χ2n) is 19.5. The van der Waals surface area contributed by atoms with Crippen molar-refractivity contribution < 1.29 is 28.6 Å². The Balaban J connectivity index is 1.31. The van der Waals surface area contributed by atoms with Gasteiger partial charge in [0.25, 0.3) is 0 Å². The van der Waals surface area contributed by atoms with E-state index in [0.717, 1.165) is 62.2 Å². The number of carbonyl (C=O) groups excluding carboxylic acids is 3. The molecule has 0 spiro atoms. The summed E-state index contributed by atoms with van der Waals surface area (Å²) >= 11 is 0. The Morgan fingerprint density at radius 2 is 1.50 bits per heavy atom. The minimum atomic E-state index is -0.871. The monoisotopic (exact) mass is 782 g/mol. The number of amides is 1. The number of carbonyl (C=O) groups is 3. The van der Waals surface area contributed by atoms with Gasteiger partial charge in [0.2, 0.25) is 5.91 Å². The van der Waals surface area contributed by atoms with Crippen molar-refractivity contribution >= 4 is 17.8 Å². The fourth-order valence-corrected chi connectivity index (χ4v) is 11.8. The minimum absolute atomic E-state index is 0.0222. The lowest BCUT2D eigenvalue weighted by Crippen LogP contribution is -2.53. The van der Waals surface area contributed by atoms with Gasteiger partial charge in [-0.1, -0.05) is 130 Å². The molecule has 10 atom stereocenters. The highest BCUT2D eigenvalue weighted by Gasteiger charge is 2.59. The third-order valence-electron chi connectivity index (χ3n) is 15.1. The van der Waals surface area contributed by atoms with Crippen LogP contribution < -0.4 is 5.32 Å². The lowest BCUT2D eigenvalue weighted by Gasteiger charge is -2.59. The van der Waals surface area contributed by atoms with Gasteiger partial charge in [-0.15, -0.1) is 6.58 Å². The summed E-state index contributed by atoms with van der Waals surface area (Å²) in [5.74, 6) is 3.94. The highest BCUT2D eigenvalue weighted by Crippen LogP contribution is 2.67. The Morgan fingerprint density at radius 1 is 0.804 bits per heavy atom. The third kappa shape index (κ3) is 13.2. The molecule has 10 unspecified atom stereocenters. The van der Waals surface area contributed by atoms with Crippen LogP contribution in [0.3, 0.4) is 0 Å². The Hall–Kier alpha value is -2.15. The lowest BCUT2D eigenvalue weighted by molar-refractivity contribution is -0.159. The molecule has 3 saturated carbocycles. The zero-order valence-corrected chi connectivity index (χ0v) is 36.8. The first-order valence-electron chi connectivity index (χ1n) is 23.4. The summed E-state index contributed by atoms with van der Waals surface area (Å²) < 4.78 is 16.9. The number of allylic oxidation sites excluding steroid dienone is 2. The molecule has 0 saturated heterocycles. The van der Waals surface area contributed by atoms with Gasteiger partial charge in [0.15, 0.2) is 0 Å². The van der Waals surface area contributed by atoms with E-state index in [1.807, 2.05) is 0 Å². The lowest BCUT2D eigenvalue weighted by atomic mass is 9.46. The van der Waals surface area contributed by atoms with Crippen molar-refractivity contribution in [1.29, 1.82) is 0 Å². The molecule has 0 aromatic rings.